The van der Waals surface area contributed by atoms with Crippen LogP contribution in [0.4, 0.5) is 5.82 Å². The third-order valence-corrected chi connectivity index (χ3v) is 4.29. The summed E-state index contributed by atoms with van der Waals surface area (Å²) in [6.07, 6.45) is 0.680. The number of rotatable bonds is 2. The summed E-state index contributed by atoms with van der Waals surface area (Å²) in [4.78, 5) is 9.85. The van der Waals surface area contributed by atoms with Crippen molar-refractivity contribution in [2.75, 3.05) is 5.73 Å². The normalized spacial score (nSPS) is 10.9. The average Bonchev–Trinajstić information content (AvgIpc) is 2.81. The molecule has 0 unspecified atom stereocenters. The number of thiophene rings is 1. The first-order chi connectivity index (χ1) is 8.74. The van der Waals surface area contributed by atoms with E-state index >= 15 is 0 Å². The Kier molecular flexibility index (Phi) is 3.01. The van der Waals surface area contributed by atoms with Gasteiger partial charge in [-0.05, 0) is 23.1 Å². The van der Waals surface area contributed by atoms with Gasteiger partial charge in [0.2, 0.25) is 0 Å². The van der Waals surface area contributed by atoms with E-state index in [0.717, 1.165) is 26.1 Å². The first kappa shape index (κ1) is 11.6. The third-order valence-electron chi connectivity index (χ3n) is 2.71. The van der Waals surface area contributed by atoms with E-state index in [9.17, 15) is 0 Å². The lowest BCUT2D eigenvalue weighted by Gasteiger charge is -2.04. The lowest BCUT2D eigenvalue weighted by Crippen LogP contribution is -2.01. The molecule has 0 atom stereocenters. The standard InChI is InChI=1S/C13H10BrN3S/c14-10-4-2-1-3-8(10)7-11-16-12(15)9-5-6-18-13(9)17-11/h1-6H,7H2,(H2,15,16,17). The molecule has 3 aromatic rings. The number of hydrogen-bond acceptors (Lipinski definition) is 4. The highest BCUT2D eigenvalue weighted by atomic mass is 79.9. The fourth-order valence-corrected chi connectivity index (χ4v) is 3.03. The molecule has 0 aliphatic carbocycles. The van der Waals surface area contributed by atoms with Gasteiger partial charge in [-0.1, -0.05) is 34.1 Å². The Labute approximate surface area is 117 Å². The van der Waals surface area contributed by atoms with Crippen molar-refractivity contribution in [1.82, 2.24) is 9.97 Å². The van der Waals surface area contributed by atoms with Crippen LogP contribution in [0.5, 0.6) is 0 Å². The minimum atomic E-state index is 0.559. The van der Waals surface area contributed by atoms with Crippen molar-refractivity contribution in [1.29, 1.82) is 0 Å². The van der Waals surface area contributed by atoms with Gasteiger partial charge in [0.05, 0.1) is 5.39 Å². The van der Waals surface area contributed by atoms with Gasteiger partial charge >= 0.3 is 0 Å². The van der Waals surface area contributed by atoms with Crippen LogP contribution in [0.25, 0.3) is 10.2 Å². The number of halogens is 1. The Morgan fingerprint density at radius 1 is 1.17 bits per heavy atom. The molecule has 0 fully saturated rings. The Morgan fingerprint density at radius 2 is 2.00 bits per heavy atom. The molecule has 18 heavy (non-hydrogen) atoms. The van der Waals surface area contributed by atoms with Gasteiger partial charge in [0.1, 0.15) is 16.5 Å². The number of nitrogens with two attached hydrogens (primary N) is 1. The average molecular weight is 320 g/mol. The number of aromatic nitrogens is 2. The van der Waals surface area contributed by atoms with Crippen LogP contribution in [-0.2, 0) is 6.42 Å². The van der Waals surface area contributed by atoms with Crippen molar-refractivity contribution in [3.05, 3.63) is 51.6 Å². The molecule has 0 saturated heterocycles. The highest BCUT2D eigenvalue weighted by molar-refractivity contribution is 9.10. The van der Waals surface area contributed by atoms with E-state index in [0.29, 0.717) is 12.2 Å². The van der Waals surface area contributed by atoms with Crippen LogP contribution >= 0.6 is 27.3 Å². The van der Waals surface area contributed by atoms with Crippen molar-refractivity contribution in [2.45, 2.75) is 6.42 Å². The van der Waals surface area contributed by atoms with Crippen molar-refractivity contribution >= 4 is 43.3 Å². The Morgan fingerprint density at radius 3 is 2.83 bits per heavy atom. The number of anilines is 1. The summed E-state index contributed by atoms with van der Waals surface area (Å²) < 4.78 is 1.07. The molecule has 1 aromatic carbocycles. The predicted molar refractivity (Wildman–Crippen MR) is 78.8 cm³/mol. The fraction of sp³-hybridized carbons (Fsp3) is 0.0769. The highest BCUT2D eigenvalue weighted by Crippen LogP contribution is 2.24. The molecule has 90 valence electrons. The second-order valence-corrected chi connectivity index (χ2v) is 5.68. The monoisotopic (exact) mass is 319 g/mol. The lowest BCUT2D eigenvalue weighted by molar-refractivity contribution is 0.997. The minimum absolute atomic E-state index is 0.559. The van der Waals surface area contributed by atoms with Crippen LogP contribution in [0.15, 0.2) is 40.2 Å². The van der Waals surface area contributed by atoms with Gasteiger partial charge in [0.25, 0.3) is 0 Å². The van der Waals surface area contributed by atoms with Crippen LogP contribution in [0, 0.1) is 0 Å². The number of benzene rings is 1. The zero-order valence-electron chi connectivity index (χ0n) is 9.43. The summed E-state index contributed by atoms with van der Waals surface area (Å²) in [5, 5.41) is 2.92. The molecular formula is C13H10BrN3S. The van der Waals surface area contributed by atoms with Gasteiger partial charge in [-0.25, -0.2) is 9.97 Å². The van der Waals surface area contributed by atoms with Crippen LogP contribution < -0.4 is 5.73 Å². The van der Waals surface area contributed by atoms with Gasteiger partial charge < -0.3 is 5.73 Å². The molecule has 0 amide bonds. The second kappa shape index (κ2) is 4.66. The van der Waals surface area contributed by atoms with E-state index in [2.05, 4.69) is 32.0 Å². The van der Waals surface area contributed by atoms with E-state index in [-0.39, 0.29) is 0 Å². The summed E-state index contributed by atoms with van der Waals surface area (Å²) in [6, 6.07) is 10.0. The number of nitrogen functional groups attached to an aromatic ring is 1. The minimum Gasteiger partial charge on any atom is -0.383 e. The summed E-state index contributed by atoms with van der Waals surface area (Å²) in [7, 11) is 0. The van der Waals surface area contributed by atoms with Crippen molar-refractivity contribution in [3.8, 4) is 0 Å². The molecule has 2 aromatic heterocycles. The molecule has 0 spiro atoms. The van der Waals surface area contributed by atoms with Crippen LogP contribution in [-0.4, -0.2) is 9.97 Å². The molecule has 0 radical (unpaired) electrons. The SMILES string of the molecule is Nc1nc(Cc2ccccc2Br)nc2sccc12. The largest absolute Gasteiger partial charge is 0.383 e. The molecule has 0 saturated carbocycles. The Balaban J connectivity index is 2.02. The third kappa shape index (κ3) is 2.11. The maximum absolute atomic E-state index is 5.94. The van der Waals surface area contributed by atoms with E-state index in [1.54, 1.807) is 11.3 Å². The van der Waals surface area contributed by atoms with E-state index < -0.39 is 0 Å². The summed E-state index contributed by atoms with van der Waals surface area (Å²) in [5.41, 5.74) is 7.10. The molecule has 0 aliphatic rings. The number of nitrogens with zero attached hydrogens (tertiary/aromatic N) is 2. The molecule has 2 heterocycles. The topological polar surface area (TPSA) is 51.8 Å². The van der Waals surface area contributed by atoms with Gasteiger partial charge in [-0.3, -0.25) is 0 Å². The molecular weight excluding hydrogens is 310 g/mol. The van der Waals surface area contributed by atoms with Crippen molar-refractivity contribution < 1.29 is 0 Å². The zero-order valence-corrected chi connectivity index (χ0v) is 11.8. The maximum Gasteiger partial charge on any atom is 0.136 e. The van der Waals surface area contributed by atoms with Crippen LogP contribution in [0.2, 0.25) is 0 Å². The molecule has 3 rings (SSSR count). The quantitative estimate of drug-likeness (QED) is 0.784. The van der Waals surface area contributed by atoms with Crippen molar-refractivity contribution in [2.24, 2.45) is 0 Å². The summed E-state index contributed by atoms with van der Waals surface area (Å²) in [5.74, 6) is 1.32. The van der Waals surface area contributed by atoms with Gasteiger partial charge in [0.15, 0.2) is 0 Å². The zero-order chi connectivity index (χ0) is 12.5. The Hall–Kier alpha value is -1.46. The summed E-state index contributed by atoms with van der Waals surface area (Å²) >= 11 is 5.12. The molecule has 2 N–H and O–H groups in total. The fourth-order valence-electron chi connectivity index (χ4n) is 1.82. The van der Waals surface area contributed by atoms with Crippen LogP contribution in [0.1, 0.15) is 11.4 Å². The molecule has 0 bridgehead atoms. The molecule has 0 aliphatic heterocycles. The number of hydrogen-bond donors (Lipinski definition) is 1. The van der Waals surface area contributed by atoms with Gasteiger partial charge in [-0.15, -0.1) is 11.3 Å². The maximum atomic E-state index is 5.94. The van der Waals surface area contributed by atoms with E-state index in [1.807, 2.05) is 29.6 Å². The first-order valence-corrected chi connectivity index (χ1v) is 7.14. The summed E-state index contributed by atoms with van der Waals surface area (Å²) in [6.45, 7) is 0. The predicted octanol–water partition coefficient (Wildman–Crippen LogP) is 3.63. The number of fused-ring (bicyclic) bond motifs is 1. The Bertz CT molecular complexity index is 708. The smallest absolute Gasteiger partial charge is 0.136 e. The lowest BCUT2D eigenvalue weighted by atomic mass is 10.1. The highest BCUT2D eigenvalue weighted by Gasteiger charge is 2.08. The van der Waals surface area contributed by atoms with Gasteiger partial charge in [-0.2, -0.15) is 0 Å². The first-order valence-electron chi connectivity index (χ1n) is 5.47. The van der Waals surface area contributed by atoms with Crippen molar-refractivity contribution in [3.63, 3.8) is 0 Å². The van der Waals surface area contributed by atoms with Gasteiger partial charge in [0, 0.05) is 10.9 Å². The molecule has 5 heteroatoms. The van der Waals surface area contributed by atoms with Crippen LogP contribution in [0.3, 0.4) is 0 Å². The van der Waals surface area contributed by atoms with E-state index in [4.69, 9.17) is 5.73 Å². The molecule has 3 nitrogen and oxygen atoms in total. The second-order valence-electron chi connectivity index (χ2n) is 3.93. The van der Waals surface area contributed by atoms with E-state index in [1.165, 1.54) is 0 Å².